The highest BCUT2D eigenvalue weighted by molar-refractivity contribution is 6.05. The summed E-state index contributed by atoms with van der Waals surface area (Å²) < 4.78 is 25.6. The van der Waals surface area contributed by atoms with Crippen molar-refractivity contribution in [2.45, 2.75) is 27.8 Å². The molecule has 0 saturated carbocycles. The minimum atomic E-state index is -0.696. The summed E-state index contributed by atoms with van der Waals surface area (Å²) >= 11 is 0. The molecule has 0 bridgehead atoms. The largest absolute Gasteiger partial charge is 0.462 e. The second kappa shape index (κ2) is 11.6. The third-order valence-corrected chi connectivity index (χ3v) is 6.74. The van der Waals surface area contributed by atoms with Crippen molar-refractivity contribution in [1.29, 1.82) is 0 Å². The van der Waals surface area contributed by atoms with E-state index in [1.165, 1.54) is 23.0 Å². The van der Waals surface area contributed by atoms with Crippen molar-refractivity contribution in [3.63, 3.8) is 0 Å². The maximum atomic E-state index is 13.9. The van der Waals surface area contributed by atoms with Crippen LogP contribution in [0.2, 0.25) is 0 Å². The predicted molar refractivity (Wildman–Crippen MR) is 148 cm³/mol. The number of nitrogens with zero attached hydrogens (tertiary/aromatic N) is 3. The Balaban J connectivity index is 0.00000353. The minimum absolute atomic E-state index is 0. The molecule has 8 nitrogen and oxygen atoms in total. The highest BCUT2D eigenvalue weighted by Gasteiger charge is 2.31. The number of fused-ring (bicyclic) bond motifs is 1. The summed E-state index contributed by atoms with van der Waals surface area (Å²) in [5, 5.41) is 0.737. The Kier molecular flexibility index (Phi) is 8.18. The Morgan fingerprint density at radius 1 is 1.03 bits per heavy atom. The number of piperazine rings is 1. The number of carbonyl (C=O) groups is 2. The van der Waals surface area contributed by atoms with Gasteiger partial charge in [-0.05, 0) is 55.8 Å². The van der Waals surface area contributed by atoms with E-state index in [9.17, 15) is 18.8 Å². The standard InChI is InChI=1S/C29H28FN3O5.CH4/c1-3-37-29(36)25-26(31-12-14-32(15-13-31)27(34)24-5-4-16-38-24)22-17-19(2)6-11-23(22)33(28(25)35)18-20-7-9-21(30)10-8-20;/h4-11,16-17H,3,12-15,18H2,1-2H3;1H4. The molecular weight excluding hydrogens is 501 g/mol. The zero-order valence-electron chi connectivity index (χ0n) is 21.3. The van der Waals surface area contributed by atoms with Gasteiger partial charge in [-0.3, -0.25) is 9.59 Å². The molecule has 9 heteroatoms. The molecule has 4 aromatic rings. The van der Waals surface area contributed by atoms with E-state index in [1.807, 2.05) is 30.0 Å². The van der Waals surface area contributed by atoms with Crippen LogP contribution in [0.1, 0.15) is 46.4 Å². The summed E-state index contributed by atoms with van der Waals surface area (Å²) in [6.45, 7) is 5.55. The van der Waals surface area contributed by atoms with Gasteiger partial charge in [-0.1, -0.05) is 31.2 Å². The molecule has 5 rings (SSSR count). The van der Waals surface area contributed by atoms with E-state index in [0.717, 1.165) is 16.5 Å². The molecule has 1 aliphatic heterocycles. The highest BCUT2D eigenvalue weighted by atomic mass is 19.1. The molecule has 2 aromatic heterocycles. The van der Waals surface area contributed by atoms with Crippen molar-refractivity contribution in [1.82, 2.24) is 9.47 Å². The maximum Gasteiger partial charge on any atom is 0.345 e. The molecule has 0 unspecified atom stereocenters. The molecule has 1 aliphatic rings. The molecule has 1 fully saturated rings. The zero-order chi connectivity index (χ0) is 26.8. The number of hydrogen-bond acceptors (Lipinski definition) is 6. The summed E-state index contributed by atoms with van der Waals surface area (Å²) in [5.41, 5.74) is 2.33. The molecule has 204 valence electrons. The van der Waals surface area contributed by atoms with Crippen LogP contribution in [0.4, 0.5) is 10.1 Å². The Labute approximate surface area is 226 Å². The fraction of sp³-hybridized carbons (Fsp3) is 0.300. The molecule has 0 N–H and O–H groups in total. The first-order valence-corrected chi connectivity index (χ1v) is 12.5. The van der Waals surface area contributed by atoms with E-state index in [2.05, 4.69) is 0 Å². The zero-order valence-corrected chi connectivity index (χ0v) is 21.3. The summed E-state index contributed by atoms with van der Waals surface area (Å²) in [6, 6.07) is 15.0. The topological polar surface area (TPSA) is 85.0 Å². The number of anilines is 1. The van der Waals surface area contributed by atoms with E-state index in [4.69, 9.17) is 9.15 Å². The molecule has 0 spiro atoms. The number of hydrogen-bond donors (Lipinski definition) is 0. The molecule has 0 aliphatic carbocycles. The SMILES string of the molecule is C.CCOC(=O)c1c(N2CCN(C(=O)c3ccco3)CC2)c2cc(C)ccc2n(Cc2ccc(F)cc2)c1=O. The van der Waals surface area contributed by atoms with Crippen molar-refractivity contribution in [3.05, 3.63) is 99.5 Å². The number of esters is 1. The molecule has 3 heterocycles. The van der Waals surface area contributed by atoms with Crippen LogP contribution in [0.3, 0.4) is 0 Å². The highest BCUT2D eigenvalue weighted by Crippen LogP contribution is 2.32. The molecule has 1 saturated heterocycles. The van der Waals surface area contributed by atoms with E-state index in [0.29, 0.717) is 37.4 Å². The number of ether oxygens (including phenoxy) is 1. The van der Waals surface area contributed by atoms with Gasteiger partial charge in [0.1, 0.15) is 11.4 Å². The van der Waals surface area contributed by atoms with Crippen molar-refractivity contribution in [2.75, 3.05) is 37.7 Å². The lowest BCUT2D eigenvalue weighted by atomic mass is 10.0. The number of halogens is 1. The molecule has 2 aromatic carbocycles. The monoisotopic (exact) mass is 533 g/mol. The average molecular weight is 534 g/mol. The molecule has 0 radical (unpaired) electrons. The average Bonchev–Trinajstić information content (AvgIpc) is 3.46. The lowest BCUT2D eigenvalue weighted by Crippen LogP contribution is -2.49. The van der Waals surface area contributed by atoms with Crippen molar-refractivity contribution in [3.8, 4) is 0 Å². The van der Waals surface area contributed by atoms with Crippen LogP contribution in [0, 0.1) is 12.7 Å². The van der Waals surface area contributed by atoms with Crippen LogP contribution < -0.4 is 10.5 Å². The first-order valence-electron chi connectivity index (χ1n) is 12.5. The van der Waals surface area contributed by atoms with Gasteiger partial charge in [0.05, 0.1) is 30.6 Å². The second-order valence-electron chi connectivity index (χ2n) is 9.24. The molecule has 1 amide bonds. The van der Waals surface area contributed by atoms with Gasteiger partial charge in [0.25, 0.3) is 11.5 Å². The number of rotatable bonds is 6. The van der Waals surface area contributed by atoms with Crippen LogP contribution in [0.5, 0.6) is 0 Å². The van der Waals surface area contributed by atoms with Gasteiger partial charge in [0.2, 0.25) is 0 Å². The lowest BCUT2D eigenvalue weighted by molar-refractivity contribution is 0.0523. The Bertz CT molecular complexity index is 1540. The number of aryl methyl sites for hydroxylation is 1. The summed E-state index contributed by atoms with van der Waals surface area (Å²) in [7, 11) is 0. The normalized spacial score (nSPS) is 13.3. The fourth-order valence-corrected chi connectivity index (χ4v) is 4.89. The molecular formula is C30H32FN3O5. The maximum absolute atomic E-state index is 13.9. The number of benzene rings is 2. The van der Waals surface area contributed by atoms with Crippen molar-refractivity contribution < 1.29 is 23.1 Å². The first kappa shape index (κ1) is 27.6. The number of furan rings is 1. The van der Waals surface area contributed by atoms with E-state index in [1.54, 1.807) is 36.1 Å². The molecule has 39 heavy (non-hydrogen) atoms. The number of aromatic nitrogens is 1. The van der Waals surface area contributed by atoms with Gasteiger partial charge < -0.3 is 23.5 Å². The van der Waals surface area contributed by atoms with E-state index in [-0.39, 0.29) is 43.6 Å². The fourth-order valence-electron chi connectivity index (χ4n) is 4.89. The number of pyridine rings is 1. The Morgan fingerprint density at radius 3 is 2.38 bits per heavy atom. The van der Waals surface area contributed by atoms with Crippen LogP contribution >= 0.6 is 0 Å². The van der Waals surface area contributed by atoms with Gasteiger partial charge in [-0.25, -0.2) is 9.18 Å². The van der Waals surface area contributed by atoms with Gasteiger partial charge in [0.15, 0.2) is 5.76 Å². The first-order chi connectivity index (χ1) is 18.4. The molecule has 0 atom stereocenters. The lowest BCUT2D eigenvalue weighted by Gasteiger charge is -2.37. The van der Waals surface area contributed by atoms with Crippen LogP contribution in [0.15, 0.2) is 70.1 Å². The van der Waals surface area contributed by atoms with E-state index >= 15 is 0 Å². The number of amides is 1. The van der Waals surface area contributed by atoms with Crippen LogP contribution in [-0.4, -0.2) is 54.1 Å². The Hall–Kier alpha value is -4.40. The van der Waals surface area contributed by atoms with Gasteiger partial charge in [-0.2, -0.15) is 0 Å². The third-order valence-electron chi connectivity index (χ3n) is 6.74. The van der Waals surface area contributed by atoms with Gasteiger partial charge >= 0.3 is 5.97 Å². The summed E-state index contributed by atoms with van der Waals surface area (Å²) in [4.78, 5) is 43.6. The minimum Gasteiger partial charge on any atom is -0.462 e. The van der Waals surface area contributed by atoms with Crippen molar-refractivity contribution in [2.24, 2.45) is 0 Å². The smallest absolute Gasteiger partial charge is 0.345 e. The quantitative estimate of drug-likeness (QED) is 0.329. The third kappa shape index (κ3) is 5.43. The predicted octanol–water partition coefficient (Wildman–Crippen LogP) is 4.87. The summed E-state index contributed by atoms with van der Waals surface area (Å²) in [5.74, 6) is -0.988. The second-order valence-corrected chi connectivity index (χ2v) is 9.24. The Morgan fingerprint density at radius 2 is 1.74 bits per heavy atom. The number of carbonyl (C=O) groups excluding carboxylic acids is 2. The van der Waals surface area contributed by atoms with Gasteiger partial charge in [0, 0.05) is 31.6 Å². The van der Waals surface area contributed by atoms with Crippen LogP contribution in [-0.2, 0) is 11.3 Å². The van der Waals surface area contributed by atoms with Crippen molar-refractivity contribution >= 4 is 28.5 Å². The van der Waals surface area contributed by atoms with E-state index < -0.39 is 11.5 Å². The summed E-state index contributed by atoms with van der Waals surface area (Å²) in [6.07, 6.45) is 1.46. The van der Waals surface area contributed by atoms with Crippen LogP contribution in [0.25, 0.3) is 10.9 Å². The van der Waals surface area contributed by atoms with Gasteiger partial charge in [-0.15, -0.1) is 0 Å².